The molecule has 0 atom stereocenters. The van der Waals surface area contributed by atoms with Crippen molar-refractivity contribution in [1.29, 1.82) is 5.26 Å². The molecule has 0 saturated heterocycles. The lowest BCUT2D eigenvalue weighted by Crippen LogP contribution is -2.35. The van der Waals surface area contributed by atoms with Gasteiger partial charge in [-0.25, -0.2) is 14.6 Å². The Morgan fingerprint density at radius 2 is 2.26 bits per heavy atom. The van der Waals surface area contributed by atoms with E-state index in [1.54, 1.807) is 0 Å². The molecule has 19 heavy (non-hydrogen) atoms. The number of rotatable bonds is 5. The zero-order valence-corrected chi connectivity index (χ0v) is 10.5. The molecule has 1 rings (SSSR count). The number of carboxylic acid groups (broad SMARTS) is 1. The van der Waals surface area contributed by atoms with Gasteiger partial charge < -0.3 is 15.3 Å². The summed E-state index contributed by atoms with van der Waals surface area (Å²) in [7, 11) is 0. The van der Waals surface area contributed by atoms with E-state index in [-0.39, 0.29) is 18.1 Å². The molecule has 0 fully saturated rings. The van der Waals surface area contributed by atoms with E-state index in [9.17, 15) is 9.59 Å². The molecule has 0 aliphatic rings. The number of hydrogen-bond acceptors (Lipinski definition) is 4. The van der Waals surface area contributed by atoms with E-state index in [0.29, 0.717) is 18.8 Å². The van der Waals surface area contributed by atoms with E-state index >= 15 is 0 Å². The van der Waals surface area contributed by atoms with Crippen molar-refractivity contribution in [3.05, 3.63) is 24.0 Å². The van der Waals surface area contributed by atoms with E-state index in [0.717, 1.165) is 0 Å². The monoisotopic (exact) mass is 262 g/mol. The topological polar surface area (TPSA) is 106 Å². The second kappa shape index (κ2) is 6.96. The number of nitrogens with one attached hydrogen (secondary N) is 1. The maximum absolute atomic E-state index is 11.8. The van der Waals surface area contributed by atoms with Crippen LogP contribution in [0.2, 0.25) is 0 Å². The zero-order chi connectivity index (χ0) is 14.3. The summed E-state index contributed by atoms with van der Waals surface area (Å²) in [6, 6.07) is 4.40. The van der Waals surface area contributed by atoms with Crippen LogP contribution in [0.4, 0.5) is 10.5 Å². The van der Waals surface area contributed by atoms with Gasteiger partial charge in [-0.05, 0) is 19.1 Å². The number of hydrogen-bond donors (Lipinski definition) is 2. The van der Waals surface area contributed by atoms with E-state index < -0.39 is 5.97 Å². The SMILES string of the molecule is CCN(CCC#N)C(=O)Nc1ccc(C(=O)O)nc1. The van der Waals surface area contributed by atoms with Crippen LogP contribution in [0.25, 0.3) is 0 Å². The molecule has 0 unspecified atom stereocenters. The van der Waals surface area contributed by atoms with Crippen molar-refractivity contribution in [1.82, 2.24) is 9.88 Å². The Morgan fingerprint density at radius 1 is 1.53 bits per heavy atom. The standard InChI is InChI=1S/C12H14N4O3/c1-2-16(7-3-6-13)12(19)15-9-4-5-10(11(17)18)14-8-9/h4-5,8H,2-3,7H2,1H3,(H,15,19)(H,17,18). The highest BCUT2D eigenvalue weighted by Crippen LogP contribution is 2.07. The van der Waals surface area contributed by atoms with Crippen LogP contribution in [-0.2, 0) is 0 Å². The number of nitriles is 1. The quantitative estimate of drug-likeness (QED) is 0.837. The fraction of sp³-hybridized carbons (Fsp3) is 0.333. The second-order valence-electron chi connectivity index (χ2n) is 3.66. The van der Waals surface area contributed by atoms with Crippen LogP contribution in [0.1, 0.15) is 23.8 Å². The lowest BCUT2D eigenvalue weighted by molar-refractivity contribution is 0.0690. The smallest absolute Gasteiger partial charge is 0.354 e. The van der Waals surface area contributed by atoms with Gasteiger partial charge in [0.25, 0.3) is 0 Å². The minimum atomic E-state index is -1.12. The summed E-state index contributed by atoms with van der Waals surface area (Å²) in [5.41, 5.74) is 0.320. The first kappa shape index (κ1) is 14.4. The van der Waals surface area contributed by atoms with Gasteiger partial charge in [0.05, 0.1) is 24.4 Å². The van der Waals surface area contributed by atoms with Crippen molar-refractivity contribution in [3.8, 4) is 6.07 Å². The van der Waals surface area contributed by atoms with Crippen molar-refractivity contribution in [3.63, 3.8) is 0 Å². The van der Waals surface area contributed by atoms with Crippen LogP contribution < -0.4 is 5.32 Å². The van der Waals surface area contributed by atoms with Gasteiger partial charge in [0.15, 0.2) is 0 Å². The van der Waals surface area contributed by atoms with E-state index in [1.165, 1.54) is 23.2 Å². The summed E-state index contributed by atoms with van der Waals surface area (Å²) in [5, 5.41) is 19.8. The highest BCUT2D eigenvalue weighted by molar-refractivity contribution is 5.90. The Labute approximate surface area is 110 Å². The molecule has 2 N–H and O–H groups in total. The first-order valence-corrected chi connectivity index (χ1v) is 5.70. The lowest BCUT2D eigenvalue weighted by Gasteiger charge is -2.19. The second-order valence-corrected chi connectivity index (χ2v) is 3.66. The van der Waals surface area contributed by atoms with Crippen LogP contribution in [0, 0.1) is 11.3 Å². The number of carbonyl (C=O) groups excluding carboxylic acids is 1. The molecule has 2 amide bonds. The third-order valence-corrected chi connectivity index (χ3v) is 2.40. The molecular formula is C12H14N4O3. The molecule has 1 heterocycles. The number of nitrogens with zero attached hydrogens (tertiary/aromatic N) is 3. The van der Waals surface area contributed by atoms with Gasteiger partial charge in [0, 0.05) is 13.1 Å². The first-order chi connectivity index (χ1) is 9.08. The molecule has 0 aliphatic carbocycles. The average Bonchev–Trinajstić information content (AvgIpc) is 2.40. The molecule has 7 heteroatoms. The van der Waals surface area contributed by atoms with Gasteiger partial charge in [-0.15, -0.1) is 0 Å². The number of pyridine rings is 1. The summed E-state index contributed by atoms with van der Waals surface area (Å²) in [6.45, 7) is 2.64. The van der Waals surface area contributed by atoms with Crippen molar-refractivity contribution < 1.29 is 14.7 Å². The van der Waals surface area contributed by atoms with Crippen LogP contribution in [0.3, 0.4) is 0 Å². The fourth-order valence-corrected chi connectivity index (χ4v) is 1.39. The van der Waals surface area contributed by atoms with Gasteiger partial charge in [0.1, 0.15) is 5.69 Å². The average molecular weight is 262 g/mol. The van der Waals surface area contributed by atoms with E-state index in [4.69, 9.17) is 10.4 Å². The number of carboxylic acids is 1. The number of amides is 2. The molecule has 7 nitrogen and oxygen atoms in total. The maximum atomic E-state index is 11.8. The Bertz CT molecular complexity index is 493. The van der Waals surface area contributed by atoms with E-state index in [1.807, 2.05) is 13.0 Å². The highest BCUT2D eigenvalue weighted by atomic mass is 16.4. The van der Waals surface area contributed by atoms with Crippen LogP contribution in [-0.4, -0.2) is 40.1 Å². The van der Waals surface area contributed by atoms with Crippen LogP contribution in [0.15, 0.2) is 18.3 Å². The first-order valence-electron chi connectivity index (χ1n) is 5.70. The molecule has 0 radical (unpaired) electrons. The summed E-state index contributed by atoms with van der Waals surface area (Å²) < 4.78 is 0. The molecule has 1 aromatic heterocycles. The van der Waals surface area contributed by atoms with E-state index in [2.05, 4.69) is 10.3 Å². The van der Waals surface area contributed by atoms with Crippen molar-refractivity contribution in [2.45, 2.75) is 13.3 Å². The van der Waals surface area contributed by atoms with Gasteiger partial charge in [-0.1, -0.05) is 0 Å². The normalized spacial score (nSPS) is 9.47. The van der Waals surface area contributed by atoms with Crippen LogP contribution >= 0.6 is 0 Å². The maximum Gasteiger partial charge on any atom is 0.354 e. The Hall–Kier alpha value is -2.62. The number of aromatic carboxylic acids is 1. The zero-order valence-electron chi connectivity index (χ0n) is 10.5. The van der Waals surface area contributed by atoms with Gasteiger partial charge in [0.2, 0.25) is 0 Å². The summed E-state index contributed by atoms with van der Waals surface area (Å²) >= 11 is 0. The largest absolute Gasteiger partial charge is 0.477 e. The van der Waals surface area contributed by atoms with Gasteiger partial charge in [-0.3, -0.25) is 0 Å². The minimum Gasteiger partial charge on any atom is -0.477 e. The Balaban J connectivity index is 2.65. The third kappa shape index (κ3) is 4.27. The van der Waals surface area contributed by atoms with Crippen LogP contribution in [0.5, 0.6) is 0 Å². The third-order valence-electron chi connectivity index (χ3n) is 2.40. The number of urea groups is 1. The number of anilines is 1. The predicted octanol–water partition coefficient (Wildman–Crippen LogP) is 1.55. The number of aromatic nitrogens is 1. The fourth-order valence-electron chi connectivity index (χ4n) is 1.39. The Kier molecular flexibility index (Phi) is 5.29. The lowest BCUT2D eigenvalue weighted by atomic mass is 10.3. The molecule has 0 saturated carbocycles. The molecular weight excluding hydrogens is 248 g/mol. The molecule has 0 bridgehead atoms. The van der Waals surface area contributed by atoms with Crippen molar-refractivity contribution >= 4 is 17.7 Å². The summed E-state index contributed by atoms with van der Waals surface area (Å²) in [6.07, 6.45) is 1.54. The predicted molar refractivity (Wildman–Crippen MR) is 67.7 cm³/mol. The molecule has 100 valence electrons. The Morgan fingerprint density at radius 3 is 2.74 bits per heavy atom. The highest BCUT2D eigenvalue weighted by Gasteiger charge is 2.11. The molecule has 0 spiro atoms. The molecule has 0 aliphatic heterocycles. The van der Waals surface area contributed by atoms with Gasteiger partial charge in [-0.2, -0.15) is 5.26 Å². The molecule has 0 aromatic carbocycles. The summed E-state index contributed by atoms with van der Waals surface area (Å²) in [5.74, 6) is -1.12. The molecule has 1 aromatic rings. The van der Waals surface area contributed by atoms with Crippen molar-refractivity contribution in [2.24, 2.45) is 0 Å². The minimum absolute atomic E-state index is 0.0881. The summed E-state index contributed by atoms with van der Waals surface area (Å²) in [4.78, 5) is 27.6. The number of carbonyl (C=O) groups is 2. The van der Waals surface area contributed by atoms with Gasteiger partial charge >= 0.3 is 12.0 Å². The van der Waals surface area contributed by atoms with Crippen molar-refractivity contribution in [2.75, 3.05) is 18.4 Å².